The number of fused-ring (bicyclic) bond motifs is 1. The summed E-state index contributed by atoms with van der Waals surface area (Å²) in [6, 6.07) is 6.56. The molecule has 3 aromatic heterocycles. The third-order valence-corrected chi connectivity index (χ3v) is 5.42. The molecule has 0 spiro atoms. The monoisotopic (exact) mass is 392 g/mol. The Balaban J connectivity index is 1.93. The van der Waals surface area contributed by atoms with E-state index in [1.54, 1.807) is 14.2 Å². The summed E-state index contributed by atoms with van der Waals surface area (Å²) in [5.74, 6) is 0.939. The Labute approximate surface area is 171 Å². The maximum Gasteiger partial charge on any atom is 0.222 e. The minimum atomic E-state index is 0.222. The summed E-state index contributed by atoms with van der Waals surface area (Å²) in [4.78, 5) is 14.3. The summed E-state index contributed by atoms with van der Waals surface area (Å²) >= 11 is 0. The third kappa shape index (κ3) is 3.53. The maximum atomic E-state index is 5.65. The van der Waals surface area contributed by atoms with E-state index in [2.05, 4.69) is 61.7 Å². The Morgan fingerprint density at radius 2 is 1.86 bits per heavy atom. The van der Waals surface area contributed by atoms with Crippen LogP contribution in [-0.2, 0) is 4.74 Å². The molecule has 4 heterocycles. The summed E-state index contributed by atoms with van der Waals surface area (Å²) in [6.45, 7) is 9.92. The summed E-state index contributed by atoms with van der Waals surface area (Å²) in [6.07, 6.45) is 2.15. The average Bonchev–Trinajstić information content (AvgIpc) is 3.51. The van der Waals surface area contributed by atoms with Gasteiger partial charge in [-0.3, -0.25) is 4.99 Å². The lowest BCUT2D eigenvalue weighted by Crippen LogP contribution is -2.10. The molecule has 6 nitrogen and oxygen atoms in total. The van der Waals surface area contributed by atoms with Crippen LogP contribution in [0.4, 0.5) is 0 Å². The predicted octanol–water partition coefficient (Wildman–Crippen LogP) is 4.55. The molecule has 0 amide bonds. The lowest BCUT2D eigenvalue weighted by atomic mass is 10.0. The van der Waals surface area contributed by atoms with E-state index in [1.165, 1.54) is 0 Å². The van der Waals surface area contributed by atoms with Crippen molar-refractivity contribution in [3.8, 4) is 17.1 Å². The Morgan fingerprint density at radius 3 is 2.48 bits per heavy atom. The van der Waals surface area contributed by atoms with Crippen LogP contribution in [-0.4, -0.2) is 47.6 Å². The molecule has 0 bridgehead atoms. The van der Waals surface area contributed by atoms with Crippen LogP contribution in [0.3, 0.4) is 0 Å². The normalized spacial score (nSPS) is 14.4. The fourth-order valence-corrected chi connectivity index (χ4v) is 3.76. The zero-order valence-corrected chi connectivity index (χ0v) is 18.0. The van der Waals surface area contributed by atoms with Gasteiger partial charge in [-0.05, 0) is 43.5 Å². The van der Waals surface area contributed by atoms with Crippen molar-refractivity contribution < 1.29 is 9.47 Å². The van der Waals surface area contributed by atoms with E-state index in [0.717, 1.165) is 51.4 Å². The van der Waals surface area contributed by atoms with Crippen LogP contribution in [0.2, 0.25) is 0 Å². The molecule has 152 valence electrons. The summed E-state index contributed by atoms with van der Waals surface area (Å²) in [5, 5.41) is 0. The molecule has 1 aliphatic rings. The second-order valence-electron chi connectivity index (χ2n) is 7.99. The number of aliphatic imine (C=N–C) groups is 1. The highest BCUT2D eigenvalue weighted by atomic mass is 16.5. The van der Waals surface area contributed by atoms with Gasteiger partial charge in [-0.1, -0.05) is 13.8 Å². The van der Waals surface area contributed by atoms with Crippen molar-refractivity contribution in [1.82, 2.24) is 14.5 Å². The zero-order chi connectivity index (χ0) is 20.7. The first-order valence-corrected chi connectivity index (χ1v) is 10.0. The van der Waals surface area contributed by atoms with Gasteiger partial charge in [0.1, 0.15) is 0 Å². The molecule has 0 unspecified atom stereocenters. The molecule has 29 heavy (non-hydrogen) atoms. The number of hydrogen-bond donors (Lipinski definition) is 0. The SMILES string of the molecule is COC[C@H](C)n1cc(C)c2nc(-c3ccc(C(C)C)nc3OC)c(C3=NC3)cc21. The number of aryl methyl sites for hydroxylation is 1. The van der Waals surface area contributed by atoms with Crippen molar-refractivity contribution >= 4 is 16.7 Å². The van der Waals surface area contributed by atoms with Gasteiger partial charge in [-0.2, -0.15) is 0 Å². The van der Waals surface area contributed by atoms with E-state index in [4.69, 9.17) is 19.4 Å². The van der Waals surface area contributed by atoms with E-state index in [0.29, 0.717) is 18.4 Å². The molecule has 6 heteroatoms. The largest absolute Gasteiger partial charge is 0.480 e. The molecule has 0 aliphatic carbocycles. The minimum absolute atomic E-state index is 0.222. The van der Waals surface area contributed by atoms with E-state index in [9.17, 15) is 0 Å². The minimum Gasteiger partial charge on any atom is -0.480 e. The topological polar surface area (TPSA) is 61.5 Å². The second-order valence-corrected chi connectivity index (χ2v) is 7.99. The first kappa shape index (κ1) is 19.6. The number of nitrogens with zero attached hydrogens (tertiary/aromatic N) is 4. The van der Waals surface area contributed by atoms with Crippen molar-refractivity contribution in [1.29, 1.82) is 0 Å². The highest BCUT2D eigenvalue weighted by Crippen LogP contribution is 2.36. The molecule has 0 saturated heterocycles. The Hall–Kier alpha value is -2.73. The van der Waals surface area contributed by atoms with Crippen LogP contribution in [0.15, 0.2) is 29.4 Å². The van der Waals surface area contributed by atoms with Crippen LogP contribution in [0.5, 0.6) is 5.88 Å². The van der Waals surface area contributed by atoms with Gasteiger partial charge in [0.15, 0.2) is 0 Å². The molecule has 3 aromatic rings. The molecular formula is C23H28N4O2. The number of methoxy groups -OCH3 is 2. The Kier molecular flexibility index (Phi) is 5.13. The maximum absolute atomic E-state index is 5.65. The lowest BCUT2D eigenvalue weighted by molar-refractivity contribution is 0.164. The predicted molar refractivity (Wildman–Crippen MR) is 116 cm³/mol. The Morgan fingerprint density at radius 1 is 1.10 bits per heavy atom. The van der Waals surface area contributed by atoms with Crippen LogP contribution >= 0.6 is 0 Å². The fraction of sp³-hybridized carbons (Fsp3) is 0.435. The average molecular weight is 393 g/mol. The lowest BCUT2D eigenvalue weighted by Gasteiger charge is -2.16. The highest BCUT2D eigenvalue weighted by molar-refractivity contribution is 6.15. The number of ether oxygens (including phenoxy) is 2. The summed E-state index contributed by atoms with van der Waals surface area (Å²) in [7, 11) is 3.40. The van der Waals surface area contributed by atoms with Gasteiger partial charge >= 0.3 is 0 Å². The van der Waals surface area contributed by atoms with Gasteiger partial charge in [-0.25, -0.2) is 9.97 Å². The molecule has 4 rings (SSSR count). The molecule has 0 saturated carbocycles. The standard InChI is InChI=1S/C23H28N4O2/c1-13(2)18-8-7-16(23(25-18)29-6)22-17(19-10-24-19)9-20-21(26-22)14(3)11-27(20)15(4)12-28-5/h7-9,11,13,15H,10,12H2,1-6H3/t15-/m0/s1. The zero-order valence-electron chi connectivity index (χ0n) is 18.0. The smallest absolute Gasteiger partial charge is 0.222 e. The van der Waals surface area contributed by atoms with Crippen LogP contribution in [0.25, 0.3) is 22.3 Å². The van der Waals surface area contributed by atoms with E-state index in [-0.39, 0.29) is 6.04 Å². The van der Waals surface area contributed by atoms with Crippen LogP contribution in [0, 0.1) is 6.92 Å². The van der Waals surface area contributed by atoms with Crippen LogP contribution < -0.4 is 4.74 Å². The number of pyridine rings is 2. The van der Waals surface area contributed by atoms with Gasteiger partial charge in [0, 0.05) is 24.6 Å². The fourth-order valence-electron chi connectivity index (χ4n) is 3.76. The van der Waals surface area contributed by atoms with Gasteiger partial charge in [0.05, 0.1) is 54.3 Å². The van der Waals surface area contributed by atoms with Crippen molar-refractivity contribution in [3.63, 3.8) is 0 Å². The second kappa shape index (κ2) is 7.59. The molecule has 1 aliphatic heterocycles. The summed E-state index contributed by atoms with van der Waals surface area (Å²) in [5.41, 5.74) is 8.16. The first-order chi connectivity index (χ1) is 13.9. The summed E-state index contributed by atoms with van der Waals surface area (Å²) < 4.78 is 13.3. The number of hydrogen-bond acceptors (Lipinski definition) is 5. The number of aromatic nitrogens is 3. The van der Waals surface area contributed by atoms with Gasteiger partial charge in [0.2, 0.25) is 5.88 Å². The first-order valence-electron chi connectivity index (χ1n) is 10.0. The van der Waals surface area contributed by atoms with E-state index in [1.807, 2.05) is 0 Å². The van der Waals surface area contributed by atoms with E-state index >= 15 is 0 Å². The molecule has 0 fully saturated rings. The molecular weight excluding hydrogens is 364 g/mol. The third-order valence-electron chi connectivity index (χ3n) is 5.42. The van der Waals surface area contributed by atoms with Crippen molar-refractivity contribution in [2.24, 2.45) is 4.99 Å². The highest BCUT2D eigenvalue weighted by Gasteiger charge is 2.25. The number of rotatable bonds is 7. The van der Waals surface area contributed by atoms with Crippen molar-refractivity contribution in [2.75, 3.05) is 27.4 Å². The van der Waals surface area contributed by atoms with Gasteiger partial charge < -0.3 is 14.0 Å². The molecule has 0 radical (unpaired) electrons. The van der Waals surface area contributed by atoms with Gasteiger partial charge in [0.25, 0.3) is 0 Å². The molecule has 1 atom stereocenters. The molecule has 0 aromatic carbocycles. The van der Waals surface area contributed by atoms with Crippen LogP contribution in [0.1, 0.15) is 49.6 Å². The van der Waals surface area contributed by atoms with Crippen molar-refractivity contribution in [3.05, 3.63) is 41.2 Å². The van der Waals surface area contributed by atoms with Crippen molar-refractivity contribution in [2.45, 2.75) is 39.7 Å². The van der Waals surface area contributed by atoms with Gasteiger partial charge in [-0.15, -0.1) is 0 Å². The Bertz CT molecular complexity index is 1100. The molecule has 0 N–H and O–H groups in total. The quantitative estimate of drug-likeness (QED) is 0.592. The van der Waals surface area contributed by atoms with E-state index < -0.39 is 0 Å².